The molecule has 0 radical (unpaired) electrons. The average Bonchev–Trinajstić information content (AvgIpc) is 2.95. The van der Waals surface area contributed by atoms with Gasteiger partial charge in [-0.3, -0.25) is 0 Å². The molecule has 6 nitrogen and oxygen atoms in total. The number of hydrogen-bond donors (Lipinski definition) is 1. The van der Waals surface area contributed by atoms with Crippen LogP contribution in [0.5, 0.6) is 0 Å². The highest BCUT2D eigenvalue weighted by Crippen LogP contribution is 2.39. The second-order valence-electron chi connectivity index (χ2n) is 10.5. The summed E-state index contributed by atoms with van der Waals surface area (Å²) in [5.74, 6) is -0.561. The number of carbonyl (C=O) groups is 2. The third kappa shape index (κ3) is 5.32. The van der Waals surface area contributed by atoms with Crippen molar-refractivity contribution in [1.82, 2.24) is 9.88 Å². The van der Waals surface area contributed by atoms with Gasteiger partial charge in [0, 0.05) is 18.5 Å². The topological polar surface area (TPSA) is 79.7 Å². The summed E-state index contributed by atoms with van der Waals surface area (Å²) in [5.41, 5.74) is 2.18. The Kier molecular flexibility index (Phi) is 6.44. The molecule has 166 valence electrons. The minimum Gasteiger partial charge on any atom is -0.477 e. The smallest absolute Gasteiger partial charge is 0.410 e. The zero-order valence-electron chi connectivity index (χ0n) is 19.1. The van der Waals surface area contributed by atoms with E-state index in [0.717, 1.165) is 42.5 Å². The number of pyridine rings is 1. The van der Waals surface area contributed by atoms with Crippen LogP contribution in [0, 0.1) is 5.92 Å². The van der Waals surface area contributed by atoms with Crippen molar-refractivity contribution in [3.63, 3.8) is 0 Å². The predicted octanol–water partition coefficient (Wildman–Crippen LogP) is 5.32. The van der Waals surface area contributed by atoms with Gasteiger partial charge in [0.05, 0.1) is 5.69 Å². The van der Waals surface area contributed by atoms with Crippen LogP contribution in [0.1, 0.15) is 100 Å². The molecular formula is C24H36N2O4. The van der Waals surface area contributed by atoms with E-state index in [2.05, 4.69) is 18.8 Å². The third-order valence-corrected chi connectivity index (χ3v) is 6.29. The second-order valence-corrected chi connectivity index (χ2v) is 10.5. The van der Waals surface area contributed by atoms with Crippen molar-refractivity contribution >= 4 is 12.1 Å². The number of aromatic nitrogens is 1. The minimum atomic E-state index is -1.03. The molecule has 1 aromatic heterocycles. The molecule has 1 amide bonds. The van der Waals surface area contributed by atoms with Crippen LogP contribution in [0.25, 0.3) is 0 Å². The fraction of sp³-hybridized carbons (Fsp3) is 0.708. The lowest BCUT2D eigenvalue weighted by atomic mass is 9.88. The monoisotopic (exact) mass is 416 g/mol. The summed E-state index contributed by atoms with van der Waals surface area (Å²) in [6, 6.07) is 1.65. The van der Waals surface area contributed by atoms with Gasteiger partial charge < -0.3 is 14.7 Å². The van der Waals surface area contributed by atoms with Gasteiger partial charge in [0.25, 0.3) is 0 Å². The molecule has 0 unspecified atom stereocenters. The Hall–Kier alpha value is -2.11. The maximum Gasteiger partial charge on any atom is 0.410 e. The molecule has 1 fully saturated rings. The van der Waals surface area contributed by atoms with Crippen LogP contribution in [0.15, 0.2) is 6.07 Å². The second kappa shape index (κ2) is 8.56. The van der Waals surface area contributed by atoms with Crippen molar-refractivity contribution in [2.24, 2.45) is 5.92 Å². The van der Waals surface area contributed by atoms with E-state index in [4.69, 9.17) is 4.74 Å². The molecule has 30 heavy (non-hydrogen) atoms. The van der Waals surface area contributed by atoms with Crippen LogP contribution >= 0.6 is 0 Å². The molecule has 2 aliphatic carbocycles. The van der Waals surface area contributed by atoms with Crippen LogP contribution in [-0.4, -0.2) is 39.2 Å². The van der Waals surface area contributed by atoms with Gasteiger partial charge in [0.15, 0.2) is 0 Å². The first-order valence-corrected chi connectivity index (χ1v) is 11.2. The molecule has 1 saturated carbocycles. The van der Waals surface area contributed by atoms with E-state index in [9.17, 15) is 14.7 Å². The number of carboxylic acids is 1. The lowest BCUT2D eigenvalue weighted by Crippen LogP contribution is -2.40. The Bertz CT molecular complexity index is 804. The number of fused-ring (bicyclic) bond motifs is 1. The Labute approximate surface area is 180 Å². The van der Waals surface area contributed by atoms with Crippen molar-refractivity contribution in [2.75, 3.05) is 6.54 Å². The van der Waals surface area contributed by atoms with Crippen LogP contribution in [0.3, 0.4) is 0 Å². The summed E-state index contributed by atoms with van der Waals surface area (Å²) >= 11 is 0. The van der Waals surface area contributed by atoms with Crippen molar-refractivity contribution in [3.8, 4) is 0 Å². The quantitative estimate of drug-likeness (QED) is 0.702. The first-order chi connectivity index (χ1) is 14.0. The fourth-order valence-electron chi connectivity index (χ4n) is 4.69. The van der Waals surface area contributed by atoms with Gasteiger partial charge in [-0.2, -0.15) is 0 Å². The molecule has 0 bridgehead atoms. The van der Waals surface area contributed by atoms with Crippen LogP contribution in [-0.2, 0) is 23.1 Å². The van der Waals surface area contributed by atoms with Crippen LogP contribution in [0.4, 0.5) is 4.79 Å². The maximum absolute atomic E-state index is 13.1. The molecule has 1 heterocycles. The number of hydrogen-bond acceptors (Lipinski definition) is 4. The highest BCUT2D eigenvalue weighted by atomic mass is 16.6. The molecule has 0 aliphatic heterocycles. The Balaban J connectivity index is 1.93. The highest BCUT2D eigenvalue weighted by Gasteiger charge is 2.35. The summed E-state index contributed by atoms with van der Waals surface area (Å²) in [5, 5.41) is 9.60. The van der Waals surface area contributed by atoms with Gasteiger partial charge in [-0.1, -0.05) is 33.1 Å². The molecule has 0 saturated heterocycles. The molecule has 2 aliphatic rings. The van der Waals surface area contributed by atoms with Crippen LogP contribution < -0.4 is 0 Å². The summed E-state index contributed by atoms with van der Waals surface area (Å²) in [7, 11) is 0. The highest BCUT2D eigenvalue weighted by molar-refractivity contribution is 5.86. The standard InChI is InChI=1S/C24H36N2O4/c1-23(2,3)30-22(29)26(14-16-9-7-6-8-10-16)15-17-13-19(21(27)28)25-20-18(17)11-12-24(20,4)5/h13,16H,6-12,14-15H2,1-5H3,(H,27,28). The first-order valence-electron chi connectivity index (χ1n) is 11.2. The molecule has 6 heteroatoms. The van der Waals surface area contributed by atoms with E-state index >= 15 is 0 Å². The number of rotatable bonds is 5. The number of nitrogens with zero attached hydrogens (tertiary/aromatic N) is 2. The van der Waals surface area contributed by atoms with Gasteiger partial charge in [0.1, 0.15) is 11.3 Å². The Morgan fingerprint density at radius 3 is 2.50 bits per heavy atom. The van der Waals surface area contributed by atoms with E-state index in [1.807, 2.05) is 20.8 Å². The molecule has 1 N–H and O–H groups in total. The zero-order chi connectivity index (χ0) is 22.1. The molecule has 0 spiro atoms. The molecule has 1 aromatic rings. The van der Waals surface area contributed by atoms with Crippen molar-refractivity contribution < 1.29 is 19.4 Å². The predicted molar refractivity (Wildman–Crippen MR) is 116 cm³/mol. The number of amides is 1. The normalized spacial score (nSPS) is 18.7. The third-order valence-electron chi connectivity index (χ3n) is 6.29. The SMILES string of the molecule is CC(C)(C)OC(=O)N(Cc1cc(C(=O)O)nc2c1CCC2(C)C)CC1CCCCC1. The van der Waals surface area contributed by atoms with Gasteiger partial charge in [-0.05, 0) is 69.6 Å². The van der Waals surface area contributed by atoms with Crippen molar-refractivity contribution in [2.45, 2.75) is 97.1 Å². The van der Waals surface area contributed by atoms with Gasteiger partial charge in [0.2, 0.25) is 0 Å². The molecule has 0 atom stereocenters. The lowest BCUT2D eigenvalue weighted by molar-refractivity contribution is 0.0189. The minimum absolute atomic E-state index is 0.0560. The summed E-state index contributed by atoms with van der Waals surface area (Å²) in [6.45, 7) is 10.9. The molecular weight excluding hydrogens is 380 g/mol. The number of carbonyl (C=O) groups excluding carboxylic acids is 1. The number of ether oxygens (including phenoxy) is 1. The summed E-state index contributed by atoms with van der Waals surface area (Å²) in [6.07, 6.45) is 7.38. The fourth-order valence-corrected chi connectivity index (χ4v) is 4.69. The van der Waals surface area contributed by atoms with E-state index in [0.29, 0.717) is 19.0 Å². The number of aromatic carboxylic acids is 1. The summed E-state index contributed by atoms with van der Waals surface area (Å²) < 4.78 is 5.71. The lowest BCUT2D eigenvalue weighted by Gasteiger charge is -2.32. The zero-order valence-corrected chi connectivity index (χ0v) is 19.1. The Morgan fingerprint density at radius 2 is 1.90 bits per heavy atom. The van der Waals surface area contributed by atoms with Crippen LogP contribution in [0.2, 0.25) is 0 Å². The van der Waals surface area contributed by atoms with E-state index in [-0.39, 0.29) is 17.2 Å². The van der Waals surface area contributed by atoms with E-state index in [1.165, 1.54) is 19.3 Å². The van der Waals surface area contributed by atoms with Crippen molar-refractivity contribution in [1.29, 1.82) is 0 Å². The van der Waals surface area contributed by atoms with Gasteiger partial charge >= 0.3 is 12.1 Å². The van der Waals surface area contributed by atoms with E-state index < -0.39 is 11.6 Å². The van der Waals surface area contributed by atoms with E-state index in [1.54, 1.807) is 11.0 Å². The van der Waals surface area contributed by atoms with Gasteiger partial charge in [-0.25, -0.2) is 14.6 Å². The van der Waals surface area contributed by atoms with Gasteiger partial charge in [-0.15, -0.1) is 0 Å². The van der Waals surface area contributed by atoms with Crippen molar-refractivity contribution in [3.05, 3.63) is 28.6 Å². The Morgan fingerprint density at radius 1 is 1.23 bits per heavy atom. The average molecular weight is 417 g/mol. The molecule has 3 rings (SSSR count). The maximum atomic E-state index is 13.1. The number of carboxylic acid groups (broad SMARTS) is 1. The largest absolute Gasteiger partial charge is 0.477 e. The first kappa shape index (κ1) is 22.6. The summed E-state index contributed by atoms with van der Waals surface area (Å²) in [4.78, 5) is 31.0. The molecule has 0 aromatic carbocycles.